The predicted molar refractivity (Wildman–Crippen MR) is 158 cm³/mol. The van der Waals surface area contributed by atoms with Gasteiger partial charge in [-0.1, -0.05) is 0 Å². The van der Waals surface area contributed by atoms with Gasteiger partial charge in [-0.3, -0.25) is 0 Å². The summed E-state index contributed by atoms with van der Waals surface area (Å²) in [5.41, 5.74) is 7.47. The summed E-state index contributed by atoms with van der Waals surface area (Å²) < 4.78 is 6.15. The molecule has 3 aromatic carbocycles. The molecule has 3 aromatic rings. The van der Waals surface area contributed by atoms with Crippen LogP contribution in [0.15, 0.2) is 105 Å². The summed E-state index contributed by atoms with van der Waals surface area (Å²) in [5.74, 6) is -0.398. The maximum Gasteiger partial charge on any atom is -0.147 e. The molecule has 0 aromatic heterocycles. The zero-order valence-electron chi connectivity index (χ0n) is 21.6. The molecule has 185 valence electrons. The summed E-state index contributed by atoms with van der Waals surface area (Å²) in [6, 6.07) is 31.9. The van der Waals surface area contributed by atoms with Crippen LogP contribution in [0.3, 0.4) is 0 Å². The van der Waals surface area contributed by atoms with Gasteiger partial charge in [0.15, 0.2) is 0 Å². The first kappa shape index (κ1) is 29.8. The third-order valence-corrected chi connectivity index (χ3v) is 34.1. The number of hydrogen-bond acceptors (Lipinski definition) is 1. The Kier molecular flexibility index (Phi) is 11.3. The minimum atomic E-state index is -2.63. The van der Waals surface area contributed by atoms with E-state index >= 15 is 0 Å². The average Bonchev–Trinajstić information content (AvgIpc) is 3.02. The summed E-state index contributed by atoms with van der Waals surface area (Å²) in [6.45, 7) is 14.2. The monoisotopic (exact) mass is 690 g/mol. The molecule has 5 heteroatoms. The van der Waals surface area contributed by atoms with Gasteiger partial charge in [0.2, 0.25) is 0 Å². The van der Waals surface area contributed by atoms with Crippen molar-refractivity contribution in [2.24, 2.45) is 5.92 Å². The van der Waals surface area contributed by atoms with Crippen LogP contribution in [0.2, 0.25) is 0 Å². The molecule has 1 aliphatic carbocycles. The molecule has 1 aliphatic rings. The summed E-state index contributed by atoms with van der Waals surface area (Å²) in [6.07, 6.45) is 0. The van der Waals surface area contributed by atoms with Crippen molar-refractivity contribution in [3.05, 3.63) is 111 Å². The minimum Gasteiger partial charge on any atom is -0.147 e. The molecule has 0 radical (unpaired) electrons. The van der Waals surface area contributed by atoms with E-state index in [2.05, 4.69) is 130 Å². The Bertz CT molecular complexity index is 1140. The van der Waals surface area contributed by atoms with Crippen molar-refractivity contribution in [2.45, 2.75) is 47.5 Å². The first-order chi connectivity index (χ1) is 15.9. The molecule has 0 aliphatic heterocycles. The van der Waals surface area contributed by atoms with Crippen molar-refractivity contribution in [2.75, 3.05) is 3.30 Å². The number of hydrogen-bond donors (Lipinski definition) is 1. The Hall–Kier alpha value is -1.39. The van der Waals surface area contributed by atoms with E-state index in [0.29, 0.717) is 11.8 Å². The van der Waals surface area contributed by atoms with Gasteiger partial charge in [-0.05, 0) is 0 Å². The van der Waals surface area contributed by atoms with Crippen molar-refractivity contribution in [1.29, 1.82) is 0 Å². The molecule has 1 atom stereocenters. The van der Waals surface area contributed by atoms with Gasteiger partial charge in [0.25, 0.3) is 0 Å². The first-order valence-corrected chi connectivity index (χ1v) is 23.7. The molecule has 0 saturated heterocycles. The summed E-state index contributed by atoms with van der Waals surface area (Å²) in [5, 5.41) is 3.16. The molecule has 1 N–H and O–H groups in total. The van der Waals surface area contributed by atoms with Gasteiger partial charge in [0.05, 0.1) is 0 Å². The Balaban J connectivity index is 0.00000216. The van der Waals surface area contributed by atoms with Crippen molar-refractivity contribution in [3.8, 4) is 0 Å². The Morgan fingerprint density at radius 1 is 0.714 bits per heavy atom. The first-order valence-electron chi connectivity index (χ1n) is 12.1. The molecule has 0 fully saturated rings. The van der Waals surface area contributed by atoms with E-state index in [1.54, 1.807) is 24.8 Å². The van der Waals surface area contributed by atoms with E-state index in [0.717, 1.165) is 0 Å². The molecule has 4 rings (SSSR count). The van der Waals surface area contributed by atoms with Crippen molar-refractivity contribution in [1.82, 2.24) is 0 Å². The van der Waals surface area contributed by atoms with Gasteiger partial charge in [-0.25, -0.2) is 0 Å². The van der Waals surface area contributed by atoms with Crippen molar-refractivity contribution < 1.29 is 20.9 Å². The smallest absolute Gasteiger partial charge is 0.147 e. The zero-order valence-corrected chi connectivity index (χ0v) is 28.0. The molecule has 0 spiro atoms. The molecular weight excluding hydrogens is 652 g/mol. The van der Waals surface area contributed by atoms with Crippen LogP contribution >= 0.6 is 24.8 Å². The number of benzene rings is 3. The molecular formula is C30H38Cl2HfNSi. The van der Waals surface area contributed by atoms with Crippen LogP contribution in [0.1, 0.15) is 53.0 Å². The number of halogens is 2. The fourth-order valence-electron chi connectivity index (χ4n) is 5.17. The number of nitrogens with one attached hydrogen (secondary N) is 1. The number of para-hydroxylation sites is 1. The Morgan fingerprint density at radius 3 is 1.66 bits per heavy atom. The van der Waals surface area contributed by atoms with E-state index in [1.807, 2.05) is 0 Å². The fraction of sp³-hybridized carbons (Fsp3) is 0.267. The van der Waals surface area contributed by atoms with Crippen LogP contribution in [0.25, 0.3) is 0 Å². The quantitative estimate of drug-likeness (QED) is 0.255. The average molecular weight is 690 g/mol. The van der Waals surface area contributed by atoms with Crippen LogP contribution in [-0.2, 0) is 20.9 Å². The maximum atomic E-state index is 4.36. The molecule has 35 heavy (non-hydrogen) atoms. The van der Waals surface area contributed by atoms with E-state index in [-0.39, 0.29) is 24.8 Å². The predicted octanol–water partition coefficient (Wildman–Crippen LogP) is 7.40. The van der Waals surface area contributed by atoms with Gasteiger partial charge >= 0.3 is 210 Å². The third kappa shape index (κ3) is 6.30. The summed E-state index contributed by atoms with van der Waals surface area (Å²) in [4.78, 5) is 0. The molecule has 0 heterocycles. The van der Waals surface area contributed by atoms with Crippen molar-refractivity contribution in [3.63, 3.8) is 0 Å². The normalized spacial score (nSPS) is 15.3. The SMILES string of the molecule is CC1=C(C)C(C)[C]([Hf]([NH]c2ccccc2C(C)C)[SiH](c2ccccc2)c2ccccc2)=C1C.Cl.Cl. The second-order valence-electron chi connectivity index (χ2n) is 9.60. The van der Waals surface area contributed by atoms with Gasteiger partial charge in [-0.15, -0.1) is 24.8 Å². The van der Waals surface area contributed by atoms with Crippen LogP contribution in [0.5, 0.6) is 0 Å². The molecule has 0 amide bonds. The van der Waals surface area contributed by atoms with Gasteiger partial charge < -0.3 is 0 Å². The molecule has 1 unspecified atom stereocenters. The van der Waals surface area contributed by atoms with Crippen LogP contribution in [-0.4, -0.2) is 5.98 Å². The van der Waals surface area contributed by atoms with Crippen LogP contribution in [0.4, 0.5) is 5.69 Å². The van der Waals surface area contributed by atoms with Crippen LogP contribution in [0, 0.1) is 5.92 Å². The van der Waals surface area contributed by atoms with Gasteiger partial charge in [0, 0.05) is 0 Å². The van der Waals surface area contributed by atoms with Crippen molar-refractivity contribution >= 4 is 46.9 Å². The molecule has 0 saturated carbocycles. The summed E-state index contributed by atoms with van der Waals surface area (Å²) >= 11 is -2.63. The number of allylic oxidation sites excluding steroid dienone is 4. The minimum absolute atomic E-state index is 0. The van der Waals surface area contributed by atoms with E-state index in [1.165, 1.54) is 16.8 Å². The van der Waals surface area contributed by atoms with Crippen LogP contribution < -0.4 is 13.7 Å². The third-order valence-electron chi connectivity index (χ3n) is 7.34. The standard InChI is InChI=1S/C12H11Si.C9H12N.C9H13.2ClH.Hf/c1-3-7-11(8-4-1)13-12-9-5-2-6-10-12;1-7(2)8-5-3-4-6-9(8)10;1-6-5-7(2)9(4)8(6)3;;;/h1-10,13H;3-7,10H,1-2H3;6H,1-4H3;2*1H;/q;-1;;;;+1. The Morgan fingerprint density at radius 2 is 1.20 bits per heavy atom. The molecule has 0 bridgehead atoms. The molecule has 1 nitrogen and oxygen atoms in total. The number of rotatable bonds is 7. The summed E-state index contributed by atoms with van der Waals surface area (Å²) in [7, 11) is 0. The van der Waals surface area contributed by atoms with E-state index < -0.39 is 26.9 Å². The Labute approximate surface area is 233 Å². The largest absolute Gasteiger partial charge is 0.147 e. The topological polar surface area (TPSA) is 12.0 Å². The van der Waals surface area contributed by atoms with E-state index in [9.17, 15) is 0 Å². The second kappa shape index (κ2) is 13.2. The number of anilines is 1. The van der Waals surface area contributed by atoms with Gasteiger partial charge in [0.1, 0.15) is 0 Å². The fourth-order valence-corrected chi connectivity index (χ4v) is 36.1. The zero-order chi connectivity index (χ0) is 23.5. The van der Waals surface area contributed by atoms with E-state index in [4.69, 9.17) is 0 Å². The van der Waals surface area contributed by atoms with Gasteiger partial charge in [-0.2, -0.15) is 0 Å². The second-order valence-corrected chi connectivity index (χ2v) is 28.6. The maximum absolute atomic E-state index is 4.36.